The lowest BCUT2D eigenvalue weighted by Crippen LogP contribution is -2.01. The van der Waals surface area contributed by atoms with Gasteiger partial charge < -0.3 is 5.11 Å². The van der Waals surface area contributed by atoms with E-state index in [1.54, 1.807) is 22.8 Å². The van der Waals surface area contributed by atoms with Crippen LogP contribution in [0.2, 0.25) is 0 Å². The number of carbonyl (C=O) groups is 1. The van der Waals surface area contributed by atoms with Gasteiger partial charge in [-0.25, -0.2) is 9.78 Å². The number of rotatable bonds is 3. The molecule has 0 radical (unpaired) electrons. The molecule has 1 fully saturated rings. The number of aromatic nitrogens is 1. The molecule has 0 unspecified atom stereocenters. The fourth-order valence-electron chi connectivity index (χ4n) is 2.87. The number of carboxylic acid groups (broad SMARTS) is 1. The Morgan fingerprint density at radius 3 is 2.48 bits per heavy atom. The minimum Gasteiger partial charge on any atom is -0.478 e. The Morgan fingerprint density at radius 1 is 1.10 bits per heavy atom. The van der Waals surface area contributed by atoms with Gasteiger partial charge in [0.25, 0.3) is 0 Å². The summed E-state index contributed by atoms with van der Waals surface area (Å²) in [5.74, 6) is -0.268. The van der Waals surface area contributed by atoms with Crippen molar-refractivity contribution in [3.63, 3.8) is 0 Å². The van der Waals surface area contributed by atoms with E-state index in [0.29, 0.717) is 11.5 Å². The van der Waals surface area contributed by atoms with Gasteiger partial charge in [-0.3, -0.25) is 0 Å². The van der Waals surface area contributed by atoms with Gasteiger partial charge in [-0.15, -0.1) is 22.7 Å². The predicted molar refractivity (Wildman–Crippen MR) is 87.4 cm³/mol. The number of hydrogen-bond acceptors (Lipinski definition) is 4. The van der Waals surface area contributed by atoms with Crippen LogP contribution in [-0.4, -0.2) is 16.1 Å². The van der Waals surface area contributed by atoms with Crippen LogP contribution in [0.25, 0.3) is 10.6 Å². The van der Waals surface area contributed by atoms with Crippen LogP contribution in [0.5, 0.6) is 0 Å². The Kier molecular flexibility index (Phi) is 4.70. The molecule has 0 amide bonds. The van der Waals surface area contributed by atoms with E-state index in [4.69, 9.17) is 10.1 Å². The van der Waals surface area contributed by atoms with Crippen molar-refractivity contribution >= 4 is 28.6 Å². The van der Waals surface area contributed by atoms with Gasteiger partial charge in [0.1, 0.15) is 0 Å². The van der Waals surface area contributed by atoms with Crippen molar-refractivity contribution in [2.24, 2.45) is 0 Å². The molecule has 1 N–H and O–H groups in total. The highest BCUT2D eigenvalue weighted by molar-refractivity contribution is 7.14. The van der Waals surface area contributed by atoms with Crippen molar-refractivity contribution in [1.29, 1.82) is 0 Å². The molecule has 3 nitrogen and oxygen atoms in total. The molecule has 0 bridgehead atoms. The second kappa shape index (κ2) is 6.71. The quantitative estimate of drug-likeness (QED) is 0.823. The molecule has 5 heteroatoms. The average Bonchev–Trinajstić information content (AvgIpc) is 3.07. The summed E-state index contributed by atoms with van der Waals surface area (Å²) in [7, 11) is 0. The van der Waals surface area contributed by atoms with Crippen LogP contribution in [0.4, 0.5) is 0 Å². The lowest BCUT2D eigenvalue weighted by molar-refractivity contribution is 0.0697. The minimum absolute atomic E-state index is 0.357. The van der Waals surface area contributed by atoms with Crippen LogP contribution in [0.1, 0.15) is 66.2 Å². The number of thiophene rings is 1. The first-order valence-electron chi connectivity index (χ1n) is 7.51. The van der Waals surface area contributed by atoms with E-state index >= 15 is 0 Å². The van der Waals surface area contributed by atoms with Gasteiger partial charge in [0.15, 0.2) is 0 Å². The topological polar surface area (TPSA) is 50.2 Å². The Balaban J connectivity index is 1.76. The molecular formula is C16H19NO2S2. The monoisotopic (exact) mass is 321 g/mol. The number of thiazole rings is 1. The normalized spacial score (nSPS) is 17.3. The predicted octanol–water partition coefficient (Wildman–Crippen LogP) is 5.40. The van der Waals surface area contributed by atoms with Gasteiger partial charge in [0.2, 0.25) is 0 Å². The first-order valence-corrected chi connectivity index (χ1v) is 9.27. The van der Waals surface area contributed by atoms with Gasteiger partial charge in [0.05, 0.1) is 21.1 Å². The number of carboxylic acids is 1. The summed E-state index contributed by atoms with van der Waals surface area (Å²) in [5, 5.41) is 14.0. The lowest BCUT2D eigenvalue weighted by atomic mass is 9.92. The minimum atomic E-state index is -0.868. The average molecular weight is 321 g/mol. The van der Waals surface area contributed by atoms with E-state index in [1.807, 2.05) is 0 Å². The molecular weight excluding hydrogens is 302 g/mol. The highest BCUT2D eigenvalue weighted by Crippen LogP contribution is 2.36. The Labute approximate surface area is 132 Å². The summed E-state index contributed by atoms with van der Waals surface area (Å²) in [6.07, 6.45) is 9.19. The highest BCUT2D eigenvalue weighted by atomic mass is 32.1. The first-order chi connectivity index (χ1) is 10.2. The largest absolute Gasteiger partial charge is 0.478 e. The molecule has 21 heavy (non-hydrogen) atoms. The SMILES string of the molecule is O=C(O)c1csc(-c2csc(C3CCCCCCC3)n2)c1. The van der Waals surface area contributed by atoms with Gasteiger partial charge in [-0.2, -0.15) is 0 Å². The molecule has 3 rings (SSSR count). The zero-order valence-corrected chi connectivity index (χ0v) is 13.5. The fourth-order valence-corrected chi connectivity index (χ4v) is 4.78. The van der Waals surface area contributed by atoms with Crippen molar-refractivity contribution in [3.05, 3.63) is 27.4 Å². The lowest BCUT2D eigenvalue weighted by Gasteiger charge is -2.17. The van der Waals surface area contributed by atoms with Crippen molar-refractivity contribution in [3.8, 4) is 10.6 Å². The van der Waals surface area contributed by atoms with Gasteiger partial charge >= 0.3 is 5.97 Å². The van der Waals surface area contributed by atoms with Crippen LogP contribution in [0.3, 0.4) is 0 Å². The van der Waals surface area contributed by atoms with E-state index in [2.05, 4.69) is 5.38 Å². The van der Waals surface area contributed by atoms with Crippen molar-refractivity contribution in [2.75, 3.05) is 0 Å². The molecule has 2 heterocycles. The molecule has 2 aromatic rings. The maximum atomic E-state index is 11.0. The highest BCUT2D eigenvalue weighted by Gasteiger charge is 2.18. The summed E-state index contributed by atoms with van der Waals surface area (Å²) in [4.78, 5) is 16.7. The molecule has 112 valence electrons. The molecule has 0 atom stereocenters. The summed E-state index contributed by atoms with van der Waals surface area (Å²) >= 11 is 3.19. The number of hydrogen-bond donors (Lipinski definition) is 1. The Morgan fingerprint density at radius 2 is 1.81 bits per heavy atom. The summed E-state index contributed by atoms with van der Waals surface area (Å²) < 4.78 is 0. The summed E-state index contributed by atoms with van der Waals surface area (Å²) in [6, 6.07) is 1.73. The summed E-state index contributed by atoms with van der Waals surface area (Å²) in [5.41, 5.74) is 1.30. The first kappa shape index (κ1) is 14.7. The Hall–Kier alpha value is -1.20. The van der Waals surface area contributed by atoms with E-state index in [0.717, 1.165) is 10.6 Å². The molecule has 0 saturated heterocycles. The number of aromatic carboxylic acids is 1. The van der Waals surface area contributed by atoms with Gasteiger partial charge in [-0.05, 0) is 18.9 Å². The third kappa shape index (κ3) is 3.52. The maximum Gasteiger partial charge on any atom is 0.336 e. The zero-order chi connectivity index (χ0) is 14.7. The van der Waals surface area contributed by atoms with Crippen LogP contribution in [-0.2, 0) is 0 Å². The molecule has 1 saturated carbocycles. The third-order valence-electron chi connectivity index (χ3n) is 4.08. The second-order valence-corrected chi connectivity index (χ2v) is 7.42. The Bertz CT molecular complexity index is 609. The van der Waals surface area contributed by atoms with Crippen LogP contribution < -0.4 is 0 Å². The number of nitrogens with zero attached hydrogens (tertiary/aromatic N) is 1. The van der Waals surface area contributed by atoms with Gasteiger partial charge in [0, 0.05) is 16.7 Å². The van der Waals surface area contributed by atoms with E-state index in [1.165, 1.54) is 61.3 Å². The van der Waals surface area contributed by atoms with Crippen molar-refractivity contribution < 1.29 is 9.90 Å². The smallest absolute Gasteiger partial charge is 0.336 e. The zero-order valence-electron chi connectivity index (χ0n) is 11.9. The maximum absolute atomic E-state index is 11.0. The van der Waals surface area contributed by atoms with E-state index < -0.39 is 5.97 Å². The van der Waals surface area contributed by atoms with E-state index in [-0.39, 0.29) is 0 Å². The molecule has 0 aliphatic heterocycles. The van der Waals surface area contributed by atoms with Crippen LogP contribution >= 0.6 is 22.7 Å². The van der Waals surface area contributed by atoms with Crippen LogP contribution in [0, 0.1) is 0 Å². The molecule has 0 aromatic carbocycles. The van der Waals surface area contributed by atoms with E-state index in [9.17, 15) is 4.79 Å². The third-order valence-corrected chi connectivity index (χ3v) is 6.04. The van der Waals surface area contributed by atoms with Crippen LogP contribution in [0.15, 0.2) is 16.8 Å². The second-order valence-electron chi connectivity index (χ2n) is 5.62. The van der Waals surface area contributed by atoms with Crippen molar-refractivity contribution in [1.82, 2.24) is 4.98 Å². The molecule has 1 aliphatic rings. The van der Waals surface area contributed by atoms with Crippen molar-refractivity contribution in [2.45, 2.75) is 50.9 Å². The summed E-state index contributed by atoms with van der Waals surface area (Å²) in [6.45, 7) is 0. The fraction of sp³-hybridized carbons (Fsp3) is 0.500. The molecule has 0 spiro atoms. The standard InChI is InChI=1S/C16H19NO2S2/c18-16(19)12-8-14(20-9-12)13-10-21-15(17-13)11-6-4-2-1-3-5-7-11/h8-11H,1-7H2,(H,18,19). The van der Waals surface area contributed by atoms with Gasteiger partial charge in [-0.1, -0.05) is 32.1 Å². The molecule has 2 aromatic heterocycles. The molecule has 1 aliphatic carbocycles.